The molecule has 0 radical (unpaired) electrons. The Kier molecular flexibility index (Phi) is 3.99. The van der Waals surface area contributed by atoms with Crippen molar-refractivity contribution in [3.05, 3.63) is 0 Å². The van der Waals surface area contributed by atoms with E-state index in [1.165, 1.54) is 13.8 Å². The monoisotopic (exact) mass is 358 g/mol. The van der Waals surface area contributed by atoms with E-state index >= 15 is 0 Å². The van der Waals surface area contributed by atoms with Crippen LogP contribution >= 0.6 is 0 Å². The van der Waals surface area contributed by atoms with Crippen molar-refractivity contribution in [2.24, 2.45) is 0 Å². The van der Waals surface area contributed by atoms with Crippen molar-refractivity contribution < 1.29 is 49.3 Å². The van der Waals surface area contributed by atoms with E-state index < -0.39 is 48.5 Å². The maximum Gasteiger partial charge on any atom is 0.425 e. The van der Waals surface area contributed by atoms with Gasteiger partial charge in [0.25, 0.3) is 11.7 Å². The van der Waals surface area contributed by atoms with Gasteiger partial charge in [-0.25, -0.2) is 13.5 Å². The summed E-state index contributed by atoms with van der Waals surface area (Å²) in [4.78, 5) is 0. The average molecular weight is 358 g/mol. The number of halogens is 8. The zero-order chi connectivity index (χ0) is 17.9. The maximum absolute atomic E-state index is 13.7. The van der Waals surface area contributed by atoms with Crippen LogP contribution < -0.4 is 0 Å². The topological polar surface area (TPSA) is 34.3 Å². The lowest BCUT2D eigenvalue weighted by Gasteiger charge is -2.25. The lowest BCUT2D eigenvalue weighted by Crippen LogP contribution is -2.51. The third kappa shape index (κ3) is 2.42. The van der Waals surface area contributed by atoms with Crippen LogP contribution in [0.5, 0.6) is 0 Å². The molecule has 0 aliphatic carbocycles. The molecule has 4 atom stereocenters. The summed E-state index contributed by atoms with van der Waals surface area (Å²) < 4.78 is 119. The summed E-state index contributed by atoms with van der Waals surface area (Å²) in [7, 11) is 0. The van der Waals surface area contributed by atoms with Crippen LogP contribution in [0.3, 0.4) is 0 Å². The minimum atomic E-state index is -5.57. The van der Waals surface area contributed by atoms with Crippen molar-refractivity contribution in [3.63, 3.8) is 0 Å². The fourth-order valence-electron chi connectivity index (χ4n) is 2.31. The Balaban J connectivity index is 2.15. The second-order valence-electron chi connectivity index (χ2n) is 5.49. The molecule has 0 N–H and O–H groups in total. The minimum Gasteiger partial charge on any atom is -0.292 e. The summed E-state index contributed by atoms with van der Waals surface area (Å²) in [5.74, 6) is -16.1. The molecule has 136 valence electrons. The van der Waals surface area contributed by atoms with Crippen LogP contribution in [0, 0.1) is 0 Å². The Morgan fingerprint density at radius 2 is 1.04 bits per heavy atom. The van der Waals surface area contributed by atoms with Crippen molar-refractivity contribution in [2.45, 2.75) is 75.2 Å². The van der Waals surface area contributed by atoms with Gasteiger partial charge in [-0.3, -0.25) is 9.47 Å². The van der Waals surface area contributed by atoms with Gasteiger partial charge in [-0.1, -0.05) is 26.7 Å². The van der Waals surface area contributed by atoms with Gasteiger partial charge in [0, 0.05) is 12.8 Å². The van der Waals surface area contributed by atoms with Gasteiger partial charge >= 0.3 is 23.9 Å². The quantitative estimate of drug-likeness (QED) is 0.473. The molecule has 2 rings (SSSR count). The molecule has 0 aromatic carbocycles. The molecule has 2 fully saturated rings. The molecule has 0 amide bonds. The van der Waals surface area contributed by atoms with Crippen LogP contribution in [0.4, 0.5) is 35.1 Å². The SMILES string of the molecule is CCCC1(F)OC1(F)C(F)(F)OC(F)(F)C1(F)OC1(F)CCC. The molecule has 11 heteroatoms. The Bertz CT molecular complexity index is 449. The summed E-state index contributed by atoms with van der Waals surface area (Å²) >= 11 is 0. The maximum atomic E-state index is 13.7. The fourth-order valence-corrected chi connectivity index (χ4v) is 2.31. The van der Waals surface area contributed by atoms with E-state index in [9.17, 15) is 35.1 Å². The van der Waals surface area contributed by atoms with Crippen molar-refractivity contribution in [3.8, 4) is 0 Å². The van der Waals surface area contributed by atoms with Crippen molar-refractivity contribution in [1.29, 1.82) is 0 Å². The third-order valence-electron chi connectivity index (χ3n) is 3.63. The van der Waals surface area contributed by atoms with E-state index in [-0.39, 0.29) is 12.8 Å². The molecule has 2 saturated heterocycles. The highest BCUT2D eigenvalue weighted by molar-refractivity contribution is 5.10. The van der Waals surface area contributed by atoms with Gasteiger partial charge < -0.3 is 0 Å². The van der Waals surface area contributed by atoms with Gasteiger partial charge in [-0.15, -0.1) is 0 Å². The molecule has 0 bridgehead atoms. The van der Waals surface area contributed by atoms with Crippen molar-refractivity contribution in [2.75, 3.05) is 0 Å². The highest BCUT2D eigenvalue weighted by atomic mass is 19.3. The van der Waals surface area contributed by atoms with Gasteiger partial charge in [0.05, 0.1) is 0 Å². The standard InChI is InChI=1S/C12H14F8O3/c1-3-5-7(13)9(15,21-7)11(17,18)23-12(19,20)10(16)8(14,22-10)6-4-2/h3-6H2,1-2H3. The van der Waals surface area contributed by atoms with E-state index in [0.29, 0.717) is 0 Å². The molecule has 4 unspecified atom stereocenters. The normalized spacial score (nSPS) is 43.6. The van der Waals surface area contributed by atoms with Crippen molar-refractivity contribution >= 4 is 0 Å². The van der Waals surface area contributed by atoms with Crippen LogP contribution in [0.25, 0.3) is 0 Å². The largest absolute Gasteiger partial charge is 0.425 e. The predicted molar refractivity (Wildman–Crippen MR) is 58.3 cm³/mol. The van der Waals surface area contributed by atoms with Crippen LogP contribution in [-0.4, -0.2) is 35.6 Å². The first-order valence-corrected chi connectivity index (χ1v) is 6.86. The number of alkyl halides is 8. The zero-order valence-corrected chi connectivity index (χ0v) is 12.1. The van der Waals surface area contributed by atoms with Crippen LogP contribution in [0.2, 0.25) is 0 Å². The second kappa shape index (κ2) is 4.92. The average Bonchev–Trinajstić information content (AvgIpc) is 3.12. The molecule has 2 aliphatic rings. The highest BCUT2D eigenvalue weighted by Crippen LogP contribution is 2.66. The number of rotatable bonds is 8. The molecule has 2 aliphatic heterocycles. The summed E-state index contributed by atoms with van der Waals surface area (Å²) in [5.41, 5.74) is 0. The molecule has 3 nitrogen and oxygen atoms in total. The van der Waals surface area contributed by atoms with E-state index in [1.807, 2.05) is 0 Å². The molecular formula is C12H14F8O3. The smallest absolute Gasteiger partial charge is 0.292 e. The first kappa shape index (κ1) is 18.7. The summed E-state index contributed by atoms with van der Waals surface area (Å²) in [6.45, 7) is 2.60. The zero-order valence-electron chi connectivity index (χ0n) is 12.1. The van der Waals surface area contributed by atoms with E-state index in [1.54, 1.807) is 0 Å². The van der Waals surface area contributed by atoms with Crippen LogP contribution in [0.1, 0.15) is 39.5 Å². The molecule has 23 heavy (non-hydrogen) atoms. The lowest BCUT2D eigenvalue weighted by molar-refractivity contribution is -0.436. The van der Waals surface area contributed by atoms with Crippen LogP contribution in [-0.2, 0) is 14.2 Å². The van der Waals surface area contributed by atoms with E-state index in [4.69, 9.17) is 0 Å². The summed E-state index contributed by atoms with van der Waals surface area (Å²) in [5, 5.41) is 0. The predicted octanol–water partition coefficient (Wildman–Crippen LogP) is 4.51. The van der Waals surface area contributed by atoms with Gasteiger partial charge in [-0.05, 0) is 0 Å². The van der Waals surface area contributed by atoms with Gasteiger partial charge in [-0.2, -0.15) is 26.3 Å². The third-order valence-corrected chi connectivity index (χ3v) is 3.63. The Morgan fingerprint density at radius 1 is 0.739 bits per heavy atom. The lowest BCUT2D eigenvalue weighted by atomic mass is 10.1. The van der Waals surface area contributed by atoms with Gasteiger partial charge in [0.15, 0.2) is 0 Å². The fraction of sp³-hybridized carbons (Fsp3) is 1.00. The van der Waals surface area contributed by atoms with Gasteiger partial charge in [0.2, 0.25) is 0 Å². The summed E-state index contributed by atoms with van der Waals surface area (Å²) in [6.07, 6.45) is -13.2. The number of epoxide rings is 2. The highest BCUT2D eigenvalue weighted by Gasteiger charge is 2.92. The second-order valence-corrected chi connectivity index (χ2v) is 5.49. The summed E-state index contributed by atoms with van der Waals surface area (Å²) in [6, 6.07) is 0. The minimum absolute atomic E-state index is 0.144. The first-order chi connectivity index (χ1) is 10.2. The van der Waals surface area contributed by atoms with E-state index in [2.05, 4.69) is 14.2 Å². The Labute approximate surface area is 125 Å². The van der Waals surface area contributed by atoms with Crippen LogP contribution in [0.15, 0.2) is 0 Å². The molecule has 0 saturated carbocycles. The molecule has 0 aromatic rings. The molecule has 2 heterocycles. The molecule has 0 aromatic heterocycles. The number of hydrogen-bond donors (Lipinski definition) is 0. The Hall–Kier alpha value is -0.680. The van der Waals surface area contributed by atoms with Crippen molar-refractivity contribution in [1.82, 2.24) is 0 Å². The Morgan fingerprint density at radius 3 is 1.30 bits per heavy atom. The number of hydrogen-bond acceptors (Lipinski definition) is 3. The van der Waals surface area contributed by atoms with Gasteiger partial charge in [0.1, 0.15) is 0 Å². The molecular weight excluding hydrogens is 344 g/mol. The first-order valence-electron chi connectivity index (χ1n) is 6.86. The van der Waals surface area contributed by atoms with E-state index in [0.717, 1.165) is 0 Å². The number of ether oxygens (including phenoxy) is 3. The molecule has 0 spiro atoms.